The number of alkyl halides is 3. The zero-order chi connectivity index (χ0) is 14.3. The van der Waals surface area contributed by atoms with E-state index in [1.54, 1.807) is 31.2 Å². The van der Waals surface area contributed by atoms with Crippen LogP contribution in [0.1, 0.15) is 6.92 Å². The molecule has 0 amide bonds. The Kier molecular flexibility index (Phi) is 3.17. The molecule has 0 atom stereocenters. The number of hydrogen-bond acceptors (Lipinski definition) is 3. The Bertz CT molecular complexity index is 758. The molecule has 7 heteroatoms. The Morgan fingerprint density at radius 2 is 1.84 bits per heavy atom. The van der Waals surface area contributed by atoms with Gasteiger partial charge in [0.15, 0.2) is 5.76 Å². The van der Waals surface area contributed by atoms with Crippen molar-refractivity contribution in [2.75, 3.05) is 0 Å². The lowest BCUT2D eigenvalue weighted by Gasteiger charge is -2.11. The summed E-state index contributed by atoms with van der Waals surface area (Å²) in [4.78, 5) is 0. The average Bonchev–Trinajstić information content (AvgIpc) is 2.66. The summed E-state index contributed by atoms with van der Waals surface area (Å²) >= 11 is 0. The zero-order valence-corrected chi connectivity index (χ0v) is 10.5. The van der Waals surface area contributed by atoms with Crippen molar-refractivity contribution in [3.63, 3.8) is 0 Å². The molecule has 3 nitrogen and oxygen atoms in total. The quantitative estimate of drug-likeness (QED) is 0.611. The second-order valence-corrected chi connectivity index (χ2v) is 5.33. The average molecular weight is 290 g/mol. The van der Waals surface area contributed by atoms with Gasteiger partial charge in [0, 0.05) is 10.8 Å². The molecular weight excluding hydrogens is 281 g/mol. The molecule has 0 heterocycles. The fourth-order valence-corrected chi connectivity index (χ4v) is 2.18. The SMILES string of the molecule is CC=C1C=c2ccccc2=C1OS(=O)(=O)C(F)(F)F. The van der Waals surface area contributed by atoms with E-state index in [4.69, 9.17) is 0 Å². The van der Waals surface area contributed by atoms with E-state index in [0.717, 1.165) is 0 Å². The van der Waals surface area contributed by atoms with Crippen molar-refractivity contribution in [1.29, 1.82) is 0 Å². The molecule has 0 fully saturated rings. The zero-order valence-electron chi connectivity index (χ0n) is 9.73. The third kappa shape index (κ3) is 2.37. The van der Waals surface area contributed by atoms with Crippen molar-refractivity contribution in [3.05, 3.63) is 46.4 Å². The molecule has 0 N–H and O–H groups in total. The van der Waals surface area contributed by atoms with Crippen LogP contribution < -0.4 is 10.4 Å². The second kappa shape index (κ2) is 4.41. The Balaban J connectivity index is 2.61. The molecule has 0 aromatic heterocycles. The van der Waals surface area contributed by atoms with Gasteiger partial charge in [-0.05, 0) is 18.2 Å². The van der Waals surface area contributed by atoms with E-state index in [2.05, 4.69) is 4.18 Å². The van der Waals surface area contributed by atoms with Gasteiger partial charge in [-0.3, -0.25) is 0 Å². The Hall–Kier alpha value is -1.76. The highest BCUT2D eigenvalue weighted by molar-refractivity contribution is 7.87. The highest BCUT2D eigenvalue weighted by atomic mass is 32.2. The molecule has 102 valence electrons. The van der Waals surface area contributed by atoms with Crippen LogP contribution in [0.15, 0.2) is 35.9 Å². The van der Waals surface area contributed by atoms with Crippen LogP contribution in [0, 0.1) is 0 Å². The maximum Gasteiger partial charge on any atom is 0.534 e. The smallest absolute Gasteiger partial charge is 0.375 e. The van der Waals surface area contributed by atoms with E-state index in [1.165, 1.54) is 12.1 Å². The van der Waals surface area contributed by atoms with Gasteiger partial charge in [-0.25, -0.2) is 0 Å². The number of hydrogen-bond donors (Lipinski definition) is 0. The molecule has 2 rings (SSSR count). The maximum absolute atomic E-state index is 12.3. The molecular formula is C12H9F3O3S. The number of allylic oxidation sites excluding steroid dienone is 1. The first-order valence-corrected chi connectivity index (χ1v) is 6.65. The number of fused-ring (bicyclic) bond motifs is 1. The van der Waals surface area contributed by atoms with Gasteiger partial charge in [0.2, 0.25) is 0 Å². The predicted octanol–water partition coefficient (Wildman–Crippen LogP) is 1.40. The Morgan fingerprint density at radius 1 is 1.21 bits per heavy atom. The van der Waals surface area contributed by atoms with Crippen molar-refractivity contribution in [2.24, 2.45) is 0 Å². The Labute approximate surface area is 107 Å². The molecule has 1 aliphatic rings. The first-order chi connectivity index (χ1) is 8.76. The summed E-state index contributed by atoms with van der Waals surface area (Å²) in [6.45, 7) is 1.58. The molecule has 1 aliphatic carbocycles. The minimum atomic E-state index is -5.66. The van der Waals surface area contributed by atoms with Gasteiger partial charge in [-0.1, -0.05) is 30.3 Å². The fraction of sp³-hybridized carbons (Fsp3) is 0.167. The summed E-state index contributed by atoms with van der Waals surface area (Å²) < 4.78 is 63.4. The first-order valence-electron chi connectivity index (χ1n) is 5.25. The van der Waals surface area contributed by atoms with Gasteiger partial charge in [0.05, 0.1) is 0 Å². The molecule has 0 spiro atoms. The summed E-state index contributed by atoms with van der Waals surface area (Å²) in [5.41, 5.74) is -5.15. The van der Waals surface area contributed by atoms with Crippen LogP contribution >= 0.6 is 0 Å². The van der Waals surface area contributed by atoms with Crippen molar-refractivity contribution >= 4 is 22.0 Å². The lowest BCUT2D eigenvalue weighted by molar-refractivity contribution is -0.0509. The van der Waals surface area contributed by atoms with Crippen molar-refractivity contribution < 1.29 is 25.8 Å². The third-order valence-electron chi connectivity index (χ3n) is 2.57. The minimum Gasteiger partial charge on any atom is -0.375 e. The molecule has 0 saturated carbocycles. The van der Waals surface area contributed by atoms with Crippen LogP contribution in [-0.2, 0) is 14.3 Å². The third-order valence-corrected chi connectivity index (χ3v) is 3.52. The number of benzene rings is 1. The van der Waals surface area contributed by atoms with Crippen molar-refractivity contribution in [1.82, 2.24) is 0 Å². The summed E-state index contributed by atoms with van der Waals surface area (Å²) in [5, 5.41) is 0.936. The number of rotatable bonds is 2. The van der Waals surface area contributed by atoms with Gasteiger partial charge < -0.3 is 4.18 Å². The van der Waals surface area contributed by atoms with Crippen LogP contribution in [0.5, 0.6) is 0 Å². The lowest BCUT2D eigenvalue weighted by Crippen LogP contribution is -2.28. The van der Waals surface area contributed by atoms with E-state index < -0.39 is 15.6 Å². The van der Waals surface area contributed by atoms with E-state index in [0.29, 0.717) is 16.0 Å². The summed E-state index contributed by atoms with van der Waals surface area (Å²) in [5.74, 6) is -0.296. The summed E-state index contributed by atoms with van der Waals surface area (Å²) in [6.07, 6.45) is 3.05. The standard InChI is InChI=1S/C12H9F3O3S/c1-2-8-7-9-5-3-4-6-10(9)11(8)18-19(16,17)12(13,14)15/h2-7H,1H3. The van der Waals surface area contributed by atoms with Crippen LogP contribution in [-0.4, -0.2) is 13.9 Å². The van der Waals surface area contributed by atoms with E-state index in [-0.39, 0.29) is 5.76 Å². The number of halogens is 3. The lowest BCUT2D eigenvalue weighted by atomic mass is 10.2. The normalized spacial score (nSPS) is 17.3. The second-order valence-electron chi connectivity index (χ2n) is 3.79. The molecule has 0 radical (unpaired) electrons. The van der Waals surface area contributed by atoms with Crippen molar-refractivity contribution in [3.8, 4) is 0 Å². The van der Waals surface area contributed by atoms with Gasteiger partial charge in [0.25, 0.3) is 0 Å². The predicted molar refractivity (Wildman–Crippen MR) is 63.4 cm³/mol. The van der Waals surface area contributed by atoms with Gasteiger partial charge in [-0.2, -0.15) is 21.6 Å². The highest BCUT2D eigenvalue weighted by Gasteiger charge is 2.49. The van der Waals surface area contributed by atoms with Crippen LogP contribution in [0.25, 0.3) is 11.8 Å². The first kappa shape index (κ1) is 13.7. The maximum atomic E-state index is 12.3. The molecule has 0 bridgehead atoms. The van der Waals surface area contributed by atoms with E-state index in [1.807, 2.05) is 0 Å². The van der Waals surface area contributed by atoms with Gasteiger partial charge in [0.1, 0.15) is 0 Å². The molecule has 0 saturated heterocycles. The topological polar surface area (TPSA) is 43.4 Å². The summed E-state index contributed by atoms with van der Waals surface area (Å²) in [6, 6.07) is 6.46. The van der Waals surface area contributed by atoms with Crippen LogP contribution in [0.2, 0.25) is 0 Å². The molecule has 19 heavy (non-hydrogen) atoms. The largest absolute Gasteiger partial charge is 0.534 e. The van der Waals surface area contributed by atoms with Gasteiger partial charge in [-0.15, -0.1) is 0 Å². The van der Waals surface area contributed by atoms with E-state index >= 15 is 0 Å². The van der Waals surface area contributed by atoms with E-state index in [9.17, 15) is 21.6 Å². The van der Waals surface area contributed by atoms with Gasteiger partial charge >= 0.3 is 15.6 Å². The highest BCUT2D eigenvalue weighted by Crippen LogP contribution is 2.29. The Morgan fingerprint density at radius 3 is 2.42 bits per heavy atom. The minimum absolute atomic E-state index is 0.296. The molecule has 0 unspecified atom stereocenters. The van der Waals surface area contributed by atoms with Crippen LogP contribution in [0.4, 0.5) is 13.2 Å². The summed E-state index contributed by atoms with van der Waals surface area (Å²) in [7, 11) is -5.66. The monoisotopic (exact) mass is 290 g/mol. The molecule has 1 aromatic carbocycles. The molecule has 0 aliphatic heterocycles. The van der Waals surface area contributed by atoms with Crippen molar-refractivity contribution in [2.45, 2.75) is 12.4 Å². The molecule has 1 aromatic rings. The van der Waals surface area contributed by atoms with Crippen LogP contribution in [0.3, 0.4) is 0 Å². The fourth-order valence-electron chi connectivity index (χ4n) is 1.68.